The Kier molecular flexibility index (Phi) is 5.11. The number of pyridine rings is 1. The molecule has 2 bridgehead atoms. The summed E-state index contributed by atoms with van der Waals surface area (Å²) in [5.74, 6) is 2.44. The van der Waals surface area contributed by atoms with Crippen LogP contribution in [-0.2, 0) is 9.78 Å². The zero-order valence-electron chi connectivity index (χ0n) is 15.9. The maximum Gasteiger partial charge on any atom is 0.134 e. The van der Waals surface area contributed by atoms with Gasteiger partial charge >= 0.3 is 0 Å². The lowest BCUT2D eigenvalue weighted by molar-refractivity contribution is -0.323. The minimum Gasteiger partial charge on any atom is -0.497 e. The minimum absolute atomic E-state index is 0.127. The number of aromatic nitrogens is 1. The van der Waals surface area contributed by atoms with Crippen LogP contribution in [0.5, 0.6) is 5.75 Å². The second-order valence-corrected chi connectivity index (χ2v) is 7.48. The third-order valence-corrected chi connectivity index (χ3v) is 6.30. The molecule has 1 aromatic heterocycles. The average Bonchev–Trinajstić information content (AvgIpc) is 2.71. The molecule has 1 aromatic carbocycles. The Labute approximate surface area is 155 Å². The van der Waals surface area contributed by atoms with E-state index >= 15 is 0 Å². The molecule has 1 unspecified atom stereocenters. The highest BCUT2D eigenvalue weighted by atomic mass is 17.2. The van der Waals surface area contributed by atoms with E-state index in [2.05, 4.69) is 28.9 Å². The van der Waals surface area contributed by atoms with Crippen LogP contribution in [0.3, 0.4) is 0 Å². The van der Waals surface area contributed by atoms with E-state index in [1.807, 2.05) is 18.3 Å². The van der Waals surface area contributed by atoms with Gasteiger partial charge in [0.15, 0.2) is 0 Å². The number of piperidine rings is 3. The number of ether oxygens (including phenoxy) is 1. The van der Waals surface area contributed by atoms with Gasteiger partial charge in [-0.3, -0.25) is 9.88 Å². The van der Waals surface area contributed by atoms with Gasteiger partial charge in [-0.1, -0.05) is 13.3 Å². The van der Waals surface area contributed by atoms with Crippen LogP contribution < -0.4 is 4.74 Å². The van der Waals surface area contributed by atoms with E-state index in [9.17, 15) is 0 Å². The number of methoxy groups -OCH3 is 1. The lowest BCUT2D eigenvalue weighted by atomic mass is 9.72. The van der Waals surface area contributed by atoms with E-state index in [1.54, 1.807) is 14.2 Å². The van der Waals surface area contributed by atoms with Gasteiger partial charge in [0.1, 0.15) is 11.9 Å². The van der Waals surface area contributed by atoms with Crippen molar-refractivity contribution < 1.29 is 14.5 Å². The van der Waals surface area contributed by atoms with Crippen LogP contribution in [0.1, 0.15) is 37.9 Å². The fourth-order valence-corrected chi connectivity index (χ4v) is 4.91. The van der Waals surface area contributed by atoms with Crippen LogP contribution in [0.4, 0.5) is 0 Å². The van der Waals surface area contributed by atoms with Gasteiger partial charge in [0.25, 0.3) is 0 Å². The molecule has 140 valence electrons. The number of rotatable bonds is 6. The number of hydrogen-bond donors (Lipinski definition) is 0. The monoisotopic (exact) mass is 356 g/mol. The molecule has 0 N–H and O–H groups in total. The lowest BCUT2D eigenvalue weighted by Gasteiger charge is -2.51. The fraction of sp³-hybridized carbons (Fsp3) is 0.571. The molecule has 0 radical (unpaired) electrons. The van der Waals surface area contributed by atoms with E-state index < -0.39 is 0 Å². The average molecular weight is 356 g/mol. The molecule has 3 aliphatic rings. The lowest BCUT2D eigenvalue weighted by Crippen LogP contribution is -2.55. The van der Waals surface area contributed by atoms with E-state index in [0.717, 1.165) is 40.6 Å². The first-order chi connectivity index (χ1) is 12.7. The molecule has 3 saturated heterocycles. The zero-order chi connectivity index (χ0) is 18.1. The molecular weight excluding hydrogens is 328 g/mol. The topological polar surface area (TPSA) is 43.8 Å². The van der Waals surface area contributed by atoms with Crippen LogP contribution in [-0.4, -0.2) is 43.2 Å². The largest absolute Gasteiger partial charge is 0.497 e. The fourth-order valence-electron chi connectivity index (χ4n) is 4.91. The summed E-state index contributed by atoms with van der Waals surface area (Å²) >= 11 is 0. The van der Waals surface area contributed by atoms with Crippen LogP contribution in [0.25, 0.3) is 10.9 Å². The Hall–Kier alpha value is -1.69. The predicted molar refractivity (Wildman–Crippen MR) is 101 cm³/mol. The van der Waals surface area contributed by atoms with Crippen molar-refractivity contribution in [3.8, 4) is 5.75 Å². The molecular formula is C21H28N2O3. The molecule has 3 fully saturated rings. The van der Waals surface area contributed by atoms with Crippen molar-refractivity contribution in [3.63, 3.8) is 0 Å². The summed E-state index contributed by atoms with van der Waals surface area (Å²) in [5, 5.41) is 1.07. The third-order valence-electron chi connectivity index (χ3n) is 6.30. The summed E-state index contributed by atoms with van der Waals surface area (Å²) < 4.78 is 5.43. The summed E-state index contributed by atoms with van der Waals surface area (Å²) in [7, 11) is 3.29. The van der Waals surface area contributed by atoms with Gasteiger partial charge in [-0.2, -0.15) is 0 Å². The third kappa shape index (κ3) is 3.08. The normalized spacial score (nSPS) is 29.0. The highest BCUT2D eigenvalue weighted by Gasteiger charge is 2.44. The molecule has 0 spiro atoms. The summed E-state index contributed by atoms with van der Waals surface area (Å²) in [6.45, 7) is 4.64. The highest BCUT2D eigenvalue weighted by Crippen LogP contribution is 2.44. The molecule has 26 heavy (non-hydrogen) atoms. The quantitative estimate of drug-likeness (QED) is 0.578. The van der Waals surface area contributed by atoms with Crippen molar-refractivity contribution in [3.05, 3.63) is 36.0 Å². The van der Waals surface area contributed by atoms with Gasteiger partial charge in [-0.15, -0.1) is 0 Å². The Morgan fingerprint density at radius 2 is 2.15 bits per heavy atom. The summed E-state index contributed by atoms with van der Waals surface area (Å²) in [6.07, 6.45) is 5.47. The van der Waals surface area contributed by atoms with Gasteiger partial charge in [0, 0.05) is 24.2 Å². The Bertz CT molecular complexity index is 766. The molecule has 4 heterocycles. The molecule has 5 nitrogen and oxygen atoms in total. The maximum absolute atomic E-state index is 5.86. The molecule has 0 saturated carbocycles. The highest BCUT2D eigenvalue weighted by molar-refractivity contribution is 5.84. The number of nitrogens with zero attached hydrogens (tertiary/aromatic N) is 2. The molecule has 3 aliphatic heterocycles. The second-order valence-electron chi connectivity index (χ2n) is 7.48. The smallest absolute Gasteiger partial charge is 0.134 e. The van der Waals surface area contributed by atoms with Crippen molar-refractivity contribution in [2.24, 2.45) is 11.8 Å². The van der Waals surface area contributed by atoms with Crippen LogP contribution in [0, 0.1) is 11.8 Å². The van der Waals surface area contributed by atoms with Crippen molar-refractivity contribution >= 4 is 10.9 Å². The molecule has 0 aliphatic carbocycles. The Balaban J connectivity index is 1.72. The molecule has 5 atom stereocenters. The number of hydrogen-bond acceptors (Lipinski definition) is 5. The maximum atomic E-state index is 5.86. The van der Waals surface area contributed by atoms with Gasteiger partial charge in [-0.25, -0.2) is 9.78 Å². The molecule has 0 amide bonds. The van der Waals surface area contributed by atoms with Crippen LogP contribution in [0.2, 0.25) is 0 Å². The standard InChI is InChI=1S/C21H28N2O3/c1-4-14-13-23-10-8-15(14)11-20(23)21(26-25-3)17-7-9-22-19-6-5-16(24-2)12-18(17)19/h5-7,9,12,14-15,20-21H,4,8,10-11,13H2,1-3H3/t14-,15-,20+,21-/m0/s1. The van der Waals surface area contributed by atoms with E-state index in [-0.39, 0.29) is 6.10 Å². The second kappa shape index (κ2) is 7.51. The van der Waals surface area contributed by atoms with Crippen molar-refractivity contribution in [1.29, 1.82) is 0 Å². The van der Waals surface area contributed by atoms with E-state index in [0.29, 0.717) is 6.04 Å². The van der Waals surface area contributed by atoms with E-state index in [4.69, 9.17) is 14.5 Å². The van der Waals surface area contributed by atoms with E-state index in [1.165, 1.54) is 25.8 Å². The first kappa shape index (κ1) is 17.7. The SMILES string of the molecule is CC[C@H]1CN2CC[C@H]1C[C@@H]2[C@@H](OOC)c1ccnc2ccc(OC)cc12. The molecule has 2 aromatic rings. The van der Waals surface area contributed by atoms with Gasteiger partial charge in [-0.05, 0) is 61.1 Å². The first-order valence-electron chi connectivity index (χ1n) is 9.61. The first-order valence-corrected chi connectivity index (χ1v) is 9.61. The van der Waals surface area contributed by atoms with Crippen molar-refractivity contribution in [2.75, 3.05) is 27.3 Å². The summed E-state index contributed by atoms with van der Waals surface area (Å²) in [5.41, 5.74) is 2.08. The summed E-state index contributed by atoms with van der Waals surface area (Å²) in [4.78, 5) is 18.2. The minimum atomic E-state index is -0.127. The van der Waals surface area contributed by atoms with Crippen molar-refractivity contribution in [2.45, 2.75) is 38.3 Å². The van der Waals surface area contributed by atoms with Gasteiger partial charge in [0.2, 0.25) is 0 Å². The van der Waals surface area contributed by atoms with Gasteiger partial charge in [0.05, 0.1) is 19.7 Å². The van der Waals surface area contributed by atoms with Gasteiger partial charge < -0.3 is 4.74 Å². The predicted octanol–water partition coefficient (Wildman–Crippen LogP) is 3.98. The van der Waals surface area contributed by atoms with Crippen molar-refractivity contribution in [1.82, 2.24) is 9.88 Å². The Morgan fingerprint density at radius 1 is 1.27 bits per heavy atom. The Morgan fingerprint density at radius 3 is 2.85 bits per heavy atom. The number of fused-ring (bicyclic) bond motifs is 4. The van der Waals surface area contributed by atoms with Crippen LogP contribution in [0.15, 0.2) is 30.5 Å². The summed E-state index contributed by atoms with van der Waals surface area (Å²) in [6, 6.07) is 8.40. The molecule has 5 rings (SSSR count). The molecule has 5 heteroatoms. The number of benzene rings is 1. The zero-order valence-corrected chi connectivity index (χ0v) is 15.9. The van der Waals surface area contributed by atoms with Crippen LogP contribution >= 0.6 is 0 Å².